The summed E-state index contributed by atoms with van der Waals surface area (Å²) in [6, 6.07) is 72.7. The third-order valence-corrected chi connectivity index (χ3v) is 15.2. The maximum atomic E-state index is 2.62. The number of para-hydroxylation sites is 3. The third-order valence-electron chi connectivity index (χ3n) is 15.2. The average Bonchev–Trinajstić information content (AvgIpc) is 3.79. The van der Waals surface area contributed by atoms with Crippen LogP contribution in [0.2, 0.25) is 0 Å². The Balaban J connectivity index is 0.956. The first-order valence-corrected chi connectivity index (χ1v) is 22.1. The molecule has 1 aromatic heterocycles. The lowest BCUT2D eigenvalue weighted by atomic mass is 9.43. The zero-order chi connectivity index (χ0) is 39.4. The molecule has 0 atom stereocenters. The van der Waals surface area contributed by atoms with Crippen molar-refractivity contribution in [3.8, 4) is 39.1 Å². The number of nitrogens with zero attached hydrogens (tertiary/aromatic N) is 2. The van der Waals surface area contributed by atoms with Gasteiger partial charge in [0.05, 0.1) is 16.7 Å². The molecule has 9 aromatic rings. The molecule has 8 aromatic carbocycles. The maximum absolute atomic E-state index is 2.62. The highest BCUT2D eigenvalue weighted by Crippen LogP contribution is 2.69. The molecule has 2 heteroatoms. The summed E-state index contributed by atoms with van der Waals surface area (Å²) in [5.74, 6) is 3.27. The Morgan fingerprint density at radius 2 is 0.883 bits per heavy atom. The zero-order valence-corrected chi connectivity index (χ0v) is 33.7. The predicted octanol–water partition coefficient (Wildman–Crippen LogP) is 15.3. The molecule has 2 nitrogen and oxygen atoms in total. The van der Waals surface area contributed by atoms with E-state index in [2.05, 4.69) is 204 Å². The summed E-state index contributed by atoms with van der Waals surface area (Å²) in [5, 5.41) is 2.56. The van der Waals surface area contributed by atoms with E-state index in [0.29, 0.717) is 0 Å². The number of hydrogen-bond donors (Lipinski definition) is 0. The zero-order valence-electron chi connectivity index (χ0n) is 33.7. The first-order valence-electron chi connectivity index (χ1n) is 22.1. The van der Waals surface area contributed by atoms with Gasteiger partial charge in [0.25, 0.3) is 0 Å². The van der Waals surface area contributed by atoms with Crippen molar-refractivity contribution in [3.63, 3.8) is 0 Å². The van der Waals surface area contributed by atoms with E-state index in [0.717, 1.165) is 29.4 Å². The highest BCUT2D eigenvalue weighted by atomic mass is 15.1. The minimum Gasteiger partial charge on any atom is -0.310 e. The Hall–Kier alpha value is -6.64. The van der Waals surface area contributed by atoms with Crippen molar-refractivity contribution in [2.45, 2.75) is 37.5 Å². The van der Waals surface area contributed by atoms with Gasteiger partial charge in [-0.05, 0) is 149 Å². The van der Waals surface area contributed by atoms with Gasteiger partial charge in [-0.1, -0.05) is 140 Å². The molecule has 1 heterocycles. The van der Waals surface area contributed by atoms with Gasteiger partial charge in [-0.2, -0.15) is 0 Å². The Morgan fingerprint density at radius 1 is 0.383 bits per heavy atom. The molecule has 0 N–H and O–H groups in total. The second kappa shape index (κ2) is 13.2. The molecule has 5 aliphatic carbocycles. The van der Waals surface area contributed by atoms with E-state index in [9.17, 15) is 0 Å². The van der Waals surface area contributed by atoms with Crippen LogP contribution in [0.1, 0.15) is 43.2 Å². The molecule has 60 heavy (non-hydrogen) atoms. The molecular weight excluding hydrogens is 725 g/mol. The third kappa shape index (κ3) is 4.94. The lowest BCUT2D eigenvalue weighted by molar-refractivity contribution is -0.0399. The van der Waals surface area contributed by atoms with E-state index in [1.165, 1.54) is 104 Å². The summed E-state index contributed by atoms with van der Waals surface area (Å²) in [5.41, 5.74) is 18.3. The van der Waals surface area contributed by atoms with Crippen molar-refractivity contribution in [1.82, 2.24) is 4.57 Å². The summed E-state index contributed by atoms with van der Waals surface area (Å²) in [6.07, 6.45) is 6.99. The van der Waals surface area contributed by atoms with Gasteiger partial charge in [0, 0.05) is 38.8 Å². The number of aromatic nitrogens is 1. The van der Waals surface area contributed by atoms with Crippen LogP contribution in [-0.2, 0) is 5.41 Å². The van der Waals surface area contributed by atoms with Crippen molar-refractivity contribution in [2.24, 2.45) is 23.7 Å². The molecule has 14 rings (SSSR count). The van der Waals surface area contributed by atoms with Gasteiger partial charge < -0.3 is 9.47 Å². The van der Waals surface area contributed by atoms with Crippen LogP contribution in [0, 0.1) is 23.7 Å². The Bertz CT molecular complexity index is 3020. The van der Waals surface area contributed by atoms with E-state index in [4.69, 9.17) is 0 Å². The van der Waals surface area contributed by atoms with Crippen molar-refractivity contribution >= 4 is 38.9 Å². The summed E-state index contributed by atoms with van der Waals surface area (Å²) >= 11 is 0. The molecule has 4 saturated carbocycles. The van der Waals surface area contributed by atoms with Crippen molar-refractivity contribution < 1.29 is 0 Å². The molecule has 0 radical (unpaired) electrons. The van der Waals surface area contributed by atoms with Gasteiger partial charge in [0.15, 0.2) is 0 Å². The number of hydrogen-bond acceptors (Lipinski definition) is 1. The summed E-state index contributed by atoms with van der Waals surface area (Å²) in [4.78, 5) is 2.50. The van der Waals surface area contributed by atoms with Crippen molar-refractivity contribution in [1.29, 1.82) is 0 Å². The standard InChI is InChI=1S/C58H46N2/c1-2-12-40(13-3-1)41-22-26-45(27-23-41)59(47-30-31-50-49-15-4-8-18-53(49)58(54(50)37-47)43-33-38-32-39(35-43)36-44(58)34-38)46-28-24-42(25-29-46)48-14-5-9-19-55(48)60-56-20-10-6-16-51(56)52-17-7-11-21-57(52)60/h1-31,37-39,43-44H,32-36H2. The van der Waals surface area contributed by atoms with Gasteiger partial charge >= 0.3 is 0 Å². The summed E-state index contributed by atoms with van der Waals surface area (Å²) in [7, 11) is 0. The van der Waals surface area contributed by atoms with Crippen LogP contribution in [0.5, 0.6) is 0 Å². The number of rotatable bonds is 6. The van der Waals surface area contributed by atoms with Crippen LogP contribution in [0.3, 0.4) is 0 Å². The molecule has 0 aliphatic heterocycles. The van der Waals surface area contributed by atoms with Gasteiger partial charge in [-0.3, -0.25) is 0 Å². The van der Waals surface area contributed by atoms with Crippen LogP contribution in [-0.4, -0.2) is 4.57 Å². The molecule has 5 aliphatic rings. The Kier molecular flexibility index (Phi) is 7.52. The highest BCUT2D eigenvalue weighted by Gasteiger charge is 2.61. The highest BCUT2D eigenvalue weighted by molar-refractivity contribution is 6.09. The second-order valence-electron chi connectivity index (χ2n) is 18.1. The van der Waals surface area contributed by atoms with Crippen LogP contribution in [0.15, 0.2) is 194 Å². The summed E-state index contributed by atoms with van der Waals surface area (Å²) in [6.45, 7) is 0. The minimum absolute atomic E-state index is 0.110. The molecule has 288 valence electrons. The van der Waals surface area contributed by atoms with E-state index in [1.807, 2.05) is 0 Å². The number of anilines is 3. The molecule has 0 amide bonds. The lowest BCUT2D eigenvalue weighted by Gasteiger charge is -2.61. The topological polar surface area (TPSA) is 8.17 Å². The maximum Gasteiger partial charge on any atom is 0.0541 e. The van der Waals surface area contributed by atoms with Crippen LogP contribution in [0.4, 0.5) is 17.1 Å². The van der Waals surface area contributed by atoms with Crippen LogP contribution >= 0.6 is 0 Å². The molecule has 0 saturated heterocycles. The van der Waals surface area contributed by atoms with Gasteiger partial charge in [0.2, 0.25) is 0 Å². The predicted molar refractivity (Wildman–Crippen MR) is 250 cm³/mol. The van der Waals surface area contributed by atoms with Crippen LogP contribution < -0.4 is 4.90 Å². The minimum atomic E-state index is 0.110. The second-order valence-corrected chi connectivity index (χ2v) is 18.1. The van der Waals surface area contributed by atoms with E-state index >= 15 is 0 Å². The van der Waals surface area contributed by atoms with Crippen LogP contribution in [0.25, 0.3) is 60.9 Å². The molecule has 4 bridgehead atoms. The monoisotopic (exact) mass is 770 g/mol. The van der Waals surface area contributed by atoms with Gasteiger partial charge in [0.1, 0.15) is 0 Å². The fraction of sp³-hybridized carbons (Fsp3) is 0.172. The fourth-order valence-electron chi connectivity index (χ4n) is 13.0. The number of fused-ring (bicyclic) bond motifs is 6. The fourth-order valence-corrected chi connectivity index (χ4v) is 13.0. The quantitative estimate of drug-likeness (QED) is 0.163. The number of benzene rings is 8. The summed E-state index contributed by atoms with van der Waals surface area (Å²) < 4.78 is 2.44. The van der Waals surface area contributed by atoms with E-state index in [-0.39, 0.29) is 5.41 Å². The van der Waals surface area contributed by atoms with E-state index < -0.39 is 0 Å². The molecular formula is C58H46N2. The molecule has 4 fully saturated rings. The van der Waals surface area contributed by atoms with Crippen molar-refractivity contribution in [3.05, 3.63) is 205 Å². The van der Waals surface area contributed by atoms with Crippen molar-refractivity contribution in [2.75, 3.05) is 4.90 Å². The lowest BCUT2D eigenvalue weighted by Crippen LogP contribution is -2.55. The largest absolute Gasteiger partial charge is 0.310 e. The smallest absolute Gasteiger partial charge is 0.0541 e. The van der Waals surface area contributed by atoms with Gasteiger partial charge in [-0.15, -0.1) is 0 Å². The Morgan fingerprint density at radius 3 is 1.55 bits per heavy atom. The van der Waals surface area contributed by atoms with Gasteiger partial charge in [-0.25, -0.2) is 0 Å². The van der Waals surface area contributed by atoms with E-state index in [1.54, 1.807) is 11.1 Å². The first-order chi connectivity index (χ1) is 29.7. The SMILES string of the molecule is c1ccc(-c2ccc(N(c3ccc(-c4ccccc4-n4c5ccccc5c5ccccc54)cc3)c3ccc4c(c3)C3(c5ccccc5-4)C4CC5CC(C4)CC3C5)cc2)cc1. The normalized spacial score (nSPS) is 22.1. The first kappa shape index (κ1) is 34.2. The molecule has 1 spiro atoms. The average molecular weight is 771 g/mol. The Labute approximate surface area is 352 Å². The molecule has 0 unspecified atom stereocenters.